The molecule has 0 radical (unpaired) electrons. The lowest BCUT2D eigenvalue weighted by Gasteiger charge is -2.08. The Kier molecular flexibility index (Phi) is 2.95. The summed E-state index contributed by atoms with van der Waals surface area (Å²) in [5.74, 6) is 0.528. The number of nitrogens with zero attached hydrogens (tertiary/aromatic N) is 2. The Hall–Kier alpha value is -2.11. The Balaban J connectivity index is 2.14. The maximum atomic E-state index is 12.3. The number of benzene rings is 1. The van der Waals surface area contributed by atoms with E-state index < -0.39 is 11.7 Å². The van der Waals surface area contributed by atoms with Gasteiger partial charge in [0.15, 0.2) is 0 Å². The van der Waals surface area contributed by atoms with Crippen molar-refractivity contribution in [2.75, 3.05) is 5.32 Å². The van der Waals surface area contributed by atoms with E-state index in [-0.39, 0.29) is 0 Å². The van der Waals surface area contributed by atoms with Crippen molar-refractivity contribution in [2.24, 2.45) is 0 Å². The second-order valence-corrected chi connectivity index (χ2v) is 3.29. The Morgan fingerprint density at radius 1 is 1.00 bits per heavy atom. The second kappa shape index (κ2) is 4.40. The van der Waals surface area contributed by atoms with Crippen LogP contribution < -0.4 is 5.32 Å². The van der Waals surface area contributed by atoms with Gasteiger partial charge in [-0.2, -0.15) is 13.2 Å². The standard InChI is InChI=1S/C11H8F3N3/c12-11(13,14)8-1-3-9(4-2-8)17-10-5-6-15-7-16-10/h1-7H,(H,15,16,17). The minimum atomic E-state index is -4.31. The van der Waals surface area contributed by atoms with Crippen LogP contribution >= 0.6 is 0 Å². The van der Waals surface area contributed by atoms with Crippen molar-refractivity contribution in [3.63, 3.8) is 0 Å². The molecule has 2 rings (SSSR count). The summed E-state index contributed by atoms with van der Waals surface area (Å²) in [4.78, 5) is 7.63. The van der Waals surface area contributed by atoms with Crippen molar-refractivity contribution in [1.29, 1.82) is 0 Å². The summed E-state index contributed by atoms with van der Waals surface area (Å²) >= 11 is 0. The summed E-state index contributed by atoms with van der Waals surface area (Å²) in [5.41, 5.74) is -0.137. The third kappa shape index (κ3) is 2.93. The van der Waals surface area contributed by atoms with Gasteiger partial charge in [0.1, 0.15) is 12.1 Å². The zero-order valence-corrected chi connectivity index (χ0v) is 8.57. The summed E-state index contributed by atoms with van der Waals surface area (Å²) < 4.78 is 36.9. The molecule has 3 nitrogen and oxygen atoms in total. The van der Waals surface area contributed by atoms with Gasteiger partial charge in [0.05, 0.1) is 5.56 Å². The molecule has 17 heavy (non-hydrogen) atoms. The monoisotopic (exact) mass is 239 g/mol. The molecule has 2 aromatic rings. The Bertz CT molecular complexity index is 480. The molecule has 6 heteroatoms. The van der Waals surface area contributed by atoms with E-state index in [4.69, 9.17) is 0 Å². The molecule has 1 aromatic carbocycles. The zero-order chi connectivity index (χ0) is 12.3. The highest BCUT2D eigenvalue weighted by atomic mass is 19.4. The van der Waals surface area contributed by atoms with Crippen molar-refractivity contribution in [3.05, 3.63) is 48.4 Å². The van der Waals surface area contributed by atoms with Gasteiger partial charge < -0.3 is 5.32 Å². The van der Waals surface area contributed by atoms with Crippen molar-refractivity contribution in [1.82, 2.24) is 9.97 Å². The molecule has 0 saturated carbocycles. The summed E-state index contributed by atoms with van der Waals surface area (Å²) in [6.07, 6.45) is -1.42. The Morgan fingerprint density at radius 2 is 1.71 bits per heavy atom. The van der Waals surface area contributed by atoms with E-state index in [9.17, 15) is 13.2 Å². The molecule has 0 spiro atoms. The quantitative estimate of drug-likeness (QED) is 0.874. The van der Waals surface area contributed by atoms with Gasteiger partial charge >= 0.3 is 6.18 Å². The second-order valence-electron chi connectivity index (χ2n) is 3.29. The smallest absolute Gasteiger partial charge is 0.340 e. The van der Waals surface area contributed by atoms with Gasteiger partial charge in [0.2, 0.25) is 0 Å². The molecule has 1 aromatic heterocycles. The third-order valence-corrected chi connectivity index (χ3v) is 2.07. The van der Waals surface area contributed by atoms with Gasteiger partial charge in [-0.1, -0.05) is 0 Å². The number of aromatic nitrogens is 2. The number of anilines is 2. The summed E-state index contributed by atoms with van der Waals surface area (Å²) in [7, 11) is 0. The predicted molar refractivity (Wildman–Crippen MR) is 56.8 cm³/mol. The van der Waals surface area contributed by atoms with Crippen LogP contribution in [0.15, 0.2) is 42.9 Å². The molecule has 88 valence electrons. The molecule has 0 unspecified atom stereocenters. The molecule has 1 N–H and O–H groups in total. The lowest BCUT2D eigenvalue weighted by molar-refractivity contribution is -0.137. The summed E-state index contributed by atoms with van der Waals surface area (Å²) in [5, 5.41) is 2.86. The van der Waals surface area contributed by atoms with Crippen LogP contribution in [0.4, 0.5) is 24.7 Å². The van der Waals surface area contributed by atoms with E-state index in [1.54, 1.807) is 12.3 Å². The predicted octanol–water partition coefficient (Wildman–Crippen LogP) is 3.24. The van der Waals surface area contributed by atoms with Crippen molar-refractivity contribution in [2.45, 2.75) is 6.18 Å². The molecule has 0 saturated heterocycles. The van der Waals surface area contributed by atoms with E-state index in [1.165, 1.54) is 18.5 Å². The van der Waals surface area contributed by atoms with Gasteiger partial charge in [-0.3, -0.25) is 0 Å². The highest BCUT2D eigenvalue weighted by Crippen LogP contribution is 2.30. The minimum absolute atomic E-state index is 0.528. The maximum Gasteiger partial charge on any atom is 0.416 e. The average molecular weight is 239 g/mol. The molecule has 0 bridgehead atoms. The highest BCUT2D eigenvalue weighted by molar-refractivity contribution is 5.55. The van der Waals surface area contributed by atoms with Crippen LogP contribution in [0.2, 0.25) is 0 Å². The largest absolute Gasteiger partial charge is 0.416 e. The fourth-order valence-electron chi connectivity index (χ4n) is 1.26. The number of rotatable bonds is 2. The van der Waals surface area contributed by atoms with Gasteiger partial charge in [-0.05, 0) is 30.3 Å². The van der Waals surface area contributed by atoms with E-state index in [0.717, 1.165) is 12.1 Å². The SMILES string of the molecule is FC(F)(F)c1ccc(Nc2ccncn2)cc1. The van der Waals surface area contributed by atoms with Gasteiger partial charge in [-0.25, -0.2) is 9.97 Å². The van der Waals surface area contributed by atoms with Crippen LogP contribution in [0.1, 0.15) is 5.56 Å². The lowest BCUT2D eigenvalue weighted by Crippen LogP contribution is -2.04. The summed E-state index contributed by atoms with van der Waals surface area (Å²) in [6, 6.07) is 6.36. The number of halogens is 3. The fraction of sp³-hybridized carbons (Fsp3) is 0.0909. The molecular formula is C11H8F3N3. The Labute approximate surface area is 95.3 Å². The van der Waals surface area contributed by atoms with Crippen LogP contribution in [0.5, 0.6) is 0 Å². The zero-order valence-electron chi connectivity index (χ0n) is 8.57. The fourth-order valence-corrected chi connectivity index (χ4v) is 1.26. The van der Waals surface area contributed by atoms with Gasteiger partial charge in [0.25, 0.3) is 0 Å². The average Bonchev–Trinajstić information content (AvgIpc) is 2.30. The first kappa shape index (κ1) is 11.4. The van der Waals surface area contributed by atoms with Crippen LogP contribution in [0.3, 0.4) is 0 Å². The number of alkyl halides is 3. The van der Waals surface area contributed by atoms with Crippen LogP contribution in [-0.2, 0) is 6.18 Å². The molecule has 0 aliphatic carbocycles. The van der Waals surface area contributed by atoms with Crippen molar-refractivity contribution >= 4 is 11.5 Å². The van der Waals surface area contributed by atoms with Crippen molar-refractivity contribution < 1.29 is 13.2 Å². The van der Waals surface area contributed by atoms with Crippen LogP contribution in [-0.4, -0.2) is 9.97 Å². The lowest BCUT2D eigenvalue weighted by atomic mass is 10.2. The topological polar surface area (TPSA) is 37.8 Å². The number of nitrogens with one attached hydrogen (secondary N) is 1. The normalized spacial score (nSPS) is 11.2. The highest BCUT2D eigenvalue weighted by Gasteiger charge is 2.29. The van der Waals surface area contributed by atoms with Crippen LogP contribution in [0.25, 0.3) is 0 Å². The molecular weight excluding hydrogens is 231 g/mol. The van der Waals surface area contributed by atoms with E-state index >= 15 is 0 Å². The minimum Gasteiger partial charge on any atom is -0.340 e. The number of hydrogen-bond acceptors (Lipinski definition) is 3. The molecule has 0 fully saturated rings. The first-order chi connectivity index (χ1) is 8.05. The molecule has 0 amide bonds. The van der Waals surface area contributed by atoms with Gasteiger partial charge in [-0.15, -0.1) is 0 Å². The molecule has 0 aliphatic heterocycles. The summed E-state index contributed by atoms with van der Waals surface area (Å²) in [6.45, 7) is 0. The number of hydrogen-bond donors (Lipinski definition) is 1. The molecule has 0 atom stereocenters. The molecule has 0 aliphatic rings. The van der Waals surface area contributed by atoms with E-state index in [0.29, 0.717) is 11.5 Å². The molecule has 1 heterocycles. The van der Waals surface area contributed by atoms with E-state index in [2.05, 4.69) is 15.3 Å². The maximum absolute atomic E-state index is 12.3. The van der Waals surface area contributed by atoms with E-state index in [1.807, 2.05) is 0 Å². The first-order valence-electron chi connectivity index (χ1n) is 4.76. The third-order valence-electron chi connectivity index (χ3n) is 2.07. The van der Waals surface area contributed by atoms with Crippen molar-refractivity contribution in [3.8, 4) is 0 Å². The Morgan fingerprint density at radius 3 is 2.24 bits per heavy atom. The first-order valence-corrected chi connectivity index (χ1v) is 4.76. The van der Waals surface area contributed by atoms with Gasteiger partial charge in [0, 0.05) is 11.9 Å². The van der Waals surface area contributed by atoms with Crippen LogP contribution in [0, 0.1) is 0 Å².